The number of carbonyl (C=O) groups is 1. The van der Waals surface area contributed by atoms with Gasteiger partial charge in [0.05, 0.1) is 11.7 Å². The smallest absolute Gasteiger partial charge is 0.252 e. The number of nitrogen functional groups attached to an aromatic ring is 1. The first-order chi connectivity index (χ1) is 8.58. The van der Waals surface area contributed by atoms with Crippen molar-refractivity contribution < 1.29 is 9.90 Å². The van der Waals surface area contributed by atoms with Gasteiger partial charge in [0.2, 0.25) is 0 Å². The summed E-state index contributed by atoms with van der Waals surface area (Å²) < 4.78 is 0.723. The number of rotatable bonds is 3. The molecule has 0 bridgehead atoms. The van der Waals surface area contributed by atoms with Crippen molar-refractivity contribution in [3.8, 4) is 0 Å². The summed E-state index contributed by atoms with van der Waals surface area (Å²) >= 11 is 3.33. The molecule has 18 heavy (non-hydrogen) atoms. The molecule has 1 aliphatic carbocycles. The number of anilines is 1. The minimum Gasteiger partial charge on any atom is -0.399 e. The summed E-state index contributed by atoms with van der Waals surface area (Å²) in [6.45, 7) is 0.515. The molecule has 1 aromatic rings. The molecule has 2 atom stereocenters. The van der Waals surface area contributed by atoms with E-state index in [9.17, 15) is 9.90 Å². The molecule has 0 aliphatic heterocycles. The van der Waals surface area contributed by atoms with Crippen LogP contribution in [0.2, 0.25) is 0 Å². The number of benzene rings is 1. The van der Waals surface area contributed by atoms with Gasteiger partial charge in [-0.1, -0.05) is 6.42 Å². The highest BCUT2D eigenvalue weighted by Gasteiger charge is 2.25. The highest BCUT2D eigenvalue weighted by molar-refractivity contribution is 9.10. The Morgan fingerprint density at radius 3 is 2.94 bits per heavy atom. The summed E-state index contributed by atoms with van der Waals surface area (Å²) in [5, 5.41) is 12.5. The van der Waals surface area contributed by atoms with Gasteiger partial charge in [-0.25, -0.2) is 0 Å². The Kier molecular flexibility index (Phi) is 4.24. The van der Waals surface area contributed by atoms with Crippen molar-refractivity contribution in [1.29, 1.82) is 0 Å². The van der Waals surface area contributed by atoms with E-state index in [0.717, 1.165) is 23.7 Å². The zero-order chi connectivity index (χ0) is 13.1. The van der Waals surface area contributed by atoms with Crippen LogP contribution in [0.3, 0.4) is 0 Å². The van der Waals surface area contributed by atoms with Gasteiger partial charge < -0.3 is 16.2 Å². The number of aliphatic hydroxyl groups excluding tert-OH is 1. The lowest BCUT2D eigenvalue weighted by atomic mass is 10.1. The number of amides is 1. The van der Waals surface area contributed by atoms with Crippen LogP contribution in [0.4, 0.5) is 5.69 Å². The van der Waals surface area contributed by atoms with Crippen LogP contribution in [0.25, 0.3) is 0 Å². The summed E-state index contributed by atoms with van der Waals surface area (Å²) in [6.07, 6.45) is 2.56. The molecule has 0 aromatic heterocycles. The molecule has 1 aliphatic rings. The van der Waals surface area contributed by atoms with Crippen molar-refractivity contribution in [1.82, 2.24) is 5.32 Å². The zero-order valence-electron chi connectivity index (χ0n) is 10.0. The quantitative estimate of drug-likeness (QED) is 0.746. The van der Waals surface area contributed by atoms with E-state index in [2.05, 4.69) is 21.2 Å². The minimum atomic E-state index is -0.283. The standard InChI is InChI=1S/C13H17BrN2O2/c14-11-5-4-9(15)6-10(11)13(18)16-7-8-2-1-3-12(8)17/h4-6,8,12,17H,1-3,7,15H2,(H,16,18). The van der Waals surface area contributed by atoms with Crippen molar-refractivity contribution in [2.75, 3.05) is 12.3 Å². The third kappa shape index (κ3) is 3.03. The van der Waals surface area contributed by atoms with Gasteiger partial charge in [0.15, 0.2) is 0 Å². The van der Waals surface area contributed by atoms with E-state index in [1.807, 2.05) is 0 Å². The molecule has 4 N–H and O–H groups in total. The largest absolute Gasteiger partial charge is 0.399 e. The highest BCUT2D eigenvalue weighted by atomic mass is 79.9. The molecular formula is C13H17BrN2O2. The number of nitrogens with two attached hydrogens (primary N) is 1. The van der Waals surface area contributed by atoms with Crippen LogP contribution in [-0.4, -0.2) is 23.7 Å². The first kappa shape index (κ1) is 13.4. The van der Waals surface area contributed by atoms with Crippen LogP contribution in [0, 0.1) is 5.92 Å². The molecule has 1 fully saturated rings. The maximum absolute atomic E-state index is 12.0. The fourth-order valence-corrected chi connectivity index (χ4v) is 2.72. The maximum atomic E-state index is 12.0. The Bertz CT molecular complexity index is 451. The van der Waals surface area contributed by atoms with Crippen molar-refractivity contribution >= 4 is 27.5 Å². The minimum absolute atomic E-state index is 0.159. The average Bonchev–Trinajstić information content (AvgIpc) is 2.75. The van der Waals surface area contributed by atoms with Crippen LogP contribution in [0.15, 0.2) is 22.7 Å². The summed E-state index contributed by atoms with van der Waals surface area (Å²) in [5.41, 5.74) is 6.75. The molecule has 2 unspecified atom stereocenters. The van der Waals surface area contributed by atoms with Crippen molar-refractivity contribution in [2.45, 2.75) is 25.4 Å². The Morgan fingerprint density at radius 1 is 1.50 bits per heavy atom. The zero-order valence-corrected chi connectivity index (χ0v) is 11.6. The van der Waals surface area contributed by atoms with E-state index in [1.54, 1.807) is 18.2 Å². The molecule has 1 saturated carbocycles. The van der Waals surface area contributed by atoms with Crippen molar-refractivity contribution in [2.24, 2.45) is 5.92 Å². The molecule has 4 nitrogen and oxygen atoms in total. The van der Waals surface area contributed by atoms with Gasteiger partial charge in [-0.05, 0) is 47.0 Å². The fraction of sp³-hybridized carbons (Fsp3) is 0.462. The van der Waals surface area contributed by atoms with E-state index >= 15 is 0 Å². The van der Waals surface area contributed by atoms with Crippen molar-refractivity contribution in [3.05, 3.63) is 28.2 Å². The van der Waals surface area contributed by atoms with E-state index in [-0.39, 0.29) is 17.9 Å². The molecule has 5 heteroatoms. The fourth-order valence-electron chi connectivity index (χ4n) is 2.29. The maximum Gasteiger partial charge on any atom is 0.252 e. The molecule has 1 aromatic carbocycles. The lowest BCUT2D eigenvalue weighted by Crippen LogP contribution is -2.32. The van der Waals surface area contributed by atoms with Gasteiger partial charge in [0, 0.05) is 22.6 Å². The first-order valence-electron chi connectivity index (χ1n) is 6.09. The molecular weight excluding hydrogens is 296 g/mol. The van der Waals surface area contributed by atoms with Crippen LogP contribution >= 0.6 is 15.9 Å². The van der Waals surface area contributed by atoms with Gasteiger partial charge >= 0.3 is 0 Å². The van der Waals surface area contributed by atoms with Gasteiger partial charge in [0.1, 0.15) is 0 Å². The molecule has 0 radical (unpaired) electrons. The summed E-state index contributed by atoms with van der Waals surface area (Å²) in [5.74, 6) is 0.0158. The predicted molar refractivity (Wildman–Crippen MR) is 74.2 cm³/mol. The summed E-state index contributed by atoms with van der Waals surface area (Å²) in [4.78, 5) is 12.0. The highest BCUT2D eigenvalue weighted by Crippen LogP contribution is 2.25. The predicted octanol–water partition coefficient (Wildman–Crippen LogP) is 1.92. The number of halogens is 1. The lowest BCUT2D eigenvalue weighted by Gasteiger charge is -2.15. The van der Waals surface area contributed by atoms with Crippen molar-refractivity contribution in [3.63, 3.8) is 0 Å². The van der Waals surface area contributed by atoms with Crippen LogP contribution in [0.5, 0.6) is 0 Å². The normalized spacial score (nSPS) is 23.0. The van der Waals surface area contributed by atoms with Gasteiger partial charge in [-0.15, -0.1) is 0 Å². The Morgan fingerprint density at radius 2 is 2.28 bits per heavy atom. The van der Waals surface area contributed by atoms with Crippen LogP contribution < -0.4 is 11.1 Å². The third-order valence-electron chi connectivity index (χ3n) is 3.38. The van der Waals surface area contributed by atoms with Gasteiger partial charge in [-0.3, -0.25) is 4.79 Å². The molecule has 2 rings (SSSR count). The Hall–Kier alpha value is -1.07. The lowest BCUT2D eigenvalue weighted by molar-refractivity contribution is 0.0916. The molecule has 1 amide bonds. The molecule has 0 spiro atoms. The average molecular weight is 313 g/mol. The van der Waals surface area contributed by atoms with Crippen LogP contribution in [0.1, 0.15) is 29.6 Å². The Balaban J connectivity index is 1.97. The second kappa shape index (κ2) is 5.71. The van der Waals surface area contributed by atoms with Crippen LogP contribution in [-0.2, 0) is 0 Å². The number of hydrogen-bond acceptors (Lipinski definition) is 3. The van der Waals surface area contributed by atoms with Gasteiger partial charge in [0.25, 0.3) is 5.91 Å². The summed E-state index contributed by atoms with van der Waals surface area (Å²) in [6, 6.07) is 5.14. The number of carbonyl (C=O) groups excluding carboxylic acids is 1. The SMILES string of the molecule is Nc1ccc(Br)c(C(=O)NCC2CCCC2O)c1. The number of hydrogen-bond donors (Lipinski definition) is 3. The molecule has 0 saturated heterocycles. The molecule has 0 heterocycles. The monoisotopic (exact) mass is 312 g/mol. The Labute approximate surface area is 115 Å². The topological polar surface area (TPSA) is 75.4 Å². The van der Waals surface area contributed by atoms with E-state index in [0.29, 0.717) is 17.8 Å². The second-order valence-electron chi connectivity index (χ2n) is 4.71. The van der Waals surface area contributed by atoms with E-state index in [1.165, 1.54) is 0 Å². The summed E-state index contributed by atoms with van der Waals surface area (Å²) in [7, 11) is 0. The van der Waals surface area contributed by atoms with E-state index < -0.39 is 0 Å². The number of nitrogens with one attached hydrogen (secondary N) is 1. The molecule has 98 valence electrons. The number of aliphatic hydroxyl groups is 1. The second-order valence-corrected chi connectivity index (χ2v) is 5.56. The third-order valence-corrected chi connectivity index (χ3v) is 4.07. The first-order valence-corrected chi connectivity index (χ1v) is 6.88. The van der Waals surface area contributed by atoms with Gasteiger partial charge in [-0.2, -0.15) is 0 Å². The van der Waals surface area contributed by atoms with E-state index in [4.69, 9.17) is 5.73 Å².